The Kier molecular flexibility index (Phi) is 8.13. The summed E-state index contributed by atoms with van der Waals surface area (Å²) in [6.45, 7) is 1.94. The van der Waals surface area contributed by atoms with Gasteiger partial charge in [0, 0.05) is 17.5 Å². The number of hydrogen-bond acceptors (Lipinski definition) is 7. The molecule has 0 aliphatic carbocycles. The number of nitrogens with zero attached hydrogens (tertiary/aromatic N) is 2. The molecule has 3 aromatic rings. The second kappa shape index (κ2) is 11.0. The molecule has 1 N–H and O–H groups in total. The van der Waals surface area contributed by atoms with Crippen LogP contribution in [0.1, 0.15) is 13.3 Å². The Labute approximate surface area is 203 Å². The summed E-state index contributed by atoms with van der Waals surface area (Å²) in [7, 11) is -2.69. The highest BCUT2D eigenvalue weighted by atomic mass is 32.2. The molecule has 0 aliphatic rings. The number of benzene rings is 3. The molecule has 0 aliphatic heterocycles. The minimum atomic E-state index is -4.01. The fourth-order valence-electron chi connectivity index (χ4n) is 3.77. The lowest BCUT2D eigenvalue weighted by atomic mass is 10.1. The van der Waals surface area contributed by atoms with Gasteiger partial charge in [-0.15, -0.1) is 0 Å². The Morgan fingerprint density at radius 1 is 1.11 bits per heavy atom. The maximum Gasteiger partial charge on any atom is 0.271 e. The van der Waals surface area contributed by atoms with E-state index in [4.69, 9.17) is 9.47 Å². The van der Waals surface area contributed by atoms with Crippen LogP contribution < -0.4 is 19.1 Å². The highest BCUT2D eigenvalue weighted by molar-refractivity contribution is 7.92. The first kappa shape index (κ1) is 25.8. The maximum absolute atomic E-state index is 13.0. The minimum Gasteiger partial charge on any atom is -0.495 e. The van der Waals surface area contributed by atoms with Crippen LogP contribution in [0, 0.1) is 10.1 Å². The average Bonchev–Trinajstić information content (AvgIpc) is 2.83. The molecule has 0 saturated carbocycles. The van der Waals surface area contributed by atoms with Crippen molar-refractivity contribution in [3.05, 3.63) is 70.8 Å². The second-order valence-electron chi connectivity index (χ2n) is 7.71. The Bertz CT molecular complexity index is 1320. The van der Waals surface area contributed by atoms with E-state index in [-0.39, 0.29) is 36.7 Å². The van der Waals surface area contributed by atoms with E-state index in [0.717, 1.165) is 27.4 Å². The van der Waals surface area contributed by atoms with E-state index in [0.29, 0.717) is 5.75 Å². The monoisotopic (exact) mass is 501 g/mol. The van der Waals surface area contributed by atoms with Gasteiger partial charge in [0.05, 0.1) is 24.8 Å². The number of anilines is 1. The number of nitro benzene ring substituents is 1. The molecule has 35 heavy (non-hydrogen) atoms. The van der Waals surface area contributed by atoms with Gasteiger partial charge in [-0.2, -0.15) is 0 Å². The highest BCUT2D eigenvalue weighted by Crippen LogP contribution is 2.35. The summed E-state index contributed by atoms with van der Waals surface area (Å²) < 4.78 is 37.4. The molecule has 1 amide bonds. The highest BCUT2D eigenvalue weighted by Gasteiger charge is 2.34. The topological polar surface area (TPSA) is 128 Å². The number of non-ortho nitro benzene ring substituents is 1. The SMILES string of the molecule is CC[C@H](C(=O)NCCOc1cccc2ccccc12)N(c1cc([N+](=O)[O-])ccc1OC)S(C)(=O)=O. The first-order chi connectivity index (χ1) is 16.7. The number of nitrogens with one attached hydrogen (secondary N) is 1. The van der Waals surface area contributed by atoms with E-state index in [1.54, 1.807) is 6.92 Å². The molecule has 11 heteroatoms. The lowest BCUT2D eigenvalue weighted by molar-refractivity contribution is -0.384. The molecule has 0 fully saturated rings. The Balaban J connectivity index is 1.77. The van der Waals surface area contributed by atoms with Gasteiger partial charge in [-0.1, -0.05) is 43.3 Å². The third kappa shape index (κ3) is 5.99. The first-order valence-electron chi connectivity index (χ1n) is 10.9. The Hall–Kier alpha value is -3.86. The number of hydrogen-bond donors (Lipinski definition) is 1. The molecule has 0 heterocycles. The number of rotatable bonds is 11. The zero-order valence-corrected chi connectivity index (χ0v) is 20.4. The number of methoxy groups -OCH3 is 1. The van der Waals surface area contributed by atoms with Crippen molar-refractivity contribution in [2.24, 2.45) is 0 Å². The molecular formula is C24H27N3O7S. The maximum atomic E-state index is 13.0. The number of nitro groups is 1. The van der Waals surface area contributed by atoms with E-state index in [1.807, 2.05) is 42.5 Å². The number of fused-ring (bicyclic) bond motifs is 1. The third-order valence-electron chi connectivity index (χ3n) is 5.35. The van der Waals surface area contributed by atoms with Crippen LogP contribution in [0.5, 0.6) is 11.5 Å². The molecule has 0 unspecified atom stereocenters. The summed E-state index contributed by atoms with van der Waals surface area (Å²) >= 11 is 0. The van der Waals surface area contributed by atoms with E-state index in [2.05, 4.69) is 5.32 Å². The van der Waals surface area contributed by atoms with Gasteiger partial charge < -0.3 is 14.8 Å². The van der Waals surface area contributed by atoms with Crippen molar-refractivity contribution in [3.63, 3.8) is 0 Å². The van der Waals surface area contributed by atoms with Gasteiger partial charge in [-0.05, 0) is 23.9 Å². The predicted molar refractivity (Wildman–Crippen MR) is 134 cm³/mol. The fraction of sp³-hybridized carbons (Fsp3) is 0.292. The summed E-state index contributed by atoms with van der Waals surface area (Å²) in [6, 6.07) is 15.9. The fourth-order valence-corrected chi connectivity index (χ4v) is 4.98. The molecule has 186 valence electrons. The van der Waals surface area contributed by atoms with Crippen LogP contribution in [0.2, 0.25) is 0 Å². The van der Waals surface area contributed by atoms with E-state index in [1.165, 1.54) is 19.2 Å². The van der Waals surface area contributed by atoms with Crippen LogP contribution in [0.25, 0.3) is 10.8 Å². The van der Waals surface area contributed by atoms with E-state index in [9.17, 15) is 23.3 Å². The molecule has 3 aromatic carbocycles. The largest absolute Gasteiger partial charge is 0.495 e. The van der Waals surface area contributed by atoms with Crippen LogP contribution in [0.15, 0.2) is 60.7 Å². The lowest BCUT2D eigenvalue weighted by Crippen LogP contribution is -2.50. The molecule has 0 spiro atoms. The van der Waals surface area contributed by atoms with Gasteiger partial charge in [-0.3, -0.25) is 19.2 Å². The molecule has 0 saturated heterocycles. The summed E-state index contributed by atoms with van der Waals surface area (Å²) in [5.41, 5.74) is -0.411. The van der Waals surface area contributed by atoms with Crippen molar-refractivity contribution >= 4 is 38.1 Å². The molecule has 3 rings (SSSR count). The number of carbonyl (C=O) groups is 1. The lowest BCUT2D eigenvalue weighted by Gasteiger charge is -2.30. The van der Waals surface area contributed by atoms with Gasteiger partial charge in [0.1, 0.15) is 29.8 Å². The average molecular weight is 502 g/mol. The van der Waals surface area contributed by atoms with E-state index >= 15 is 0 Å². The van der Waals surface area contributed by atoms with Crippen molar-refractivity contribution in [2.75, 3.05) is 30.8 Å². The first-order valence-corrected chi connectivity index (χ1v) is 12.7. The van der Waals surface area contributed by atoms with E-state index < -0.39 is 26.9 Å². The minimum absolute atomic E-state index is 0.0850. The smallest absolute Gasteiger partial charge is 0.271 e. The Morgan fingerprint density at radius 3 is 2.49 bits per heavy atom. The molecule has 0 aromatic heterocycles. The summed E-state index contributed by atoms with van der Waals surface area (Å²) in [5, 5.41) is 15.9. The molecule has 0 radical (unpaired) electrons. The van der Waals surface area contributed by atoms with Crippen LogP contribution in [-0.4, -0.2) is 51.8 Å². The standard InChI is InChI=1S/C24H27N3O7S/c1-4-20(26(35(3,31)32)21-16-18(27(29)30)12-13-23(21)33-2)24(28)25-14-15-34-22-11-7-9-17-8-5-6-10-19(17)22/h5-13,16,20H,4,14-15H2,1-3H3,(H,25,28)/t20-/m1/s1. The van der Waals surface area contributed by atoms with Crippen LogP contribution in [0.4, 0.5) is 11.4 Å². The van der Waals surface area contributed by atoms with Gasteiger partial charge >= 0.3 is 0 Å². The summed E-state index contributed by atoms with van der Waals surface area (Å²) in [5.74, 6) is 0.197. The van der Waals surface area contributed by atoms with Crippen molar-refractivity contribution in [3.8, 4) is 11.5 Å². The van der Waals surface area contributed by atoms with Crippen LogP contribution in [0.3, 0.4) is 0 Å². The molecular weight excluding hydrogens is 474 g/mol. The number of carbonyl (C=O) groups excluding carboxylic acids is 1. The van der Waals surface area contributed by atoms with Gasteiger partial charge in [0.15, 0.2) is 0 Å². The third-order valence-corrected chi connectivity index (χ3v) is 6.51. The van der Waals surface area contributed by atoms with Crippen molar-refractivity contribution in [1.82, 2.24) is 5.32 Å². The molecule has 10 nitrogen and oxygen atoms in total. The number of amides is 1. The second-order valence-corrected chi connectivity index (χ2v) is 9.57. The quantitative estimate of drug-likeness (QED) is 0.242. The van der Waals surface area contributed by atoms with Crippen molar-refractivity contribution < 1.29 is 27.6 Å². The normalized spacial score (nSPS) is 12.1. The molecule has 0 bridgehead atoms. The van der Waals surface area contributed by atoms with Gasteiger partial charge in [0.25, 0.3) is 5.69 Å². The summed E-state index contributed by atoms with van der Waals surface area (Å²) in [6.07, 6.45) is 1.06. The molecule has 1 atom stereocenters. The van der Waals surface area contributed by atoms with Gasteiger partial charge in [0.2, 0.25) is 15.9 Å². The van der Waals surface area contributed by atoms with Crippen molar-refractivity contribution in [1.29, 1.82) is 0 Å². The summed E-state index contributed by atoms with van der Waals surface area (Å²) in [4.78, 5) is 23.7. The number of sulfonamides is 1. The zero-order chi connectivity index (χ0) is 25.6. The van der Waals surface area contributed by atoms with Crippen LogP contribution in [-0.2, 0) is 14.8 Å². The zero-order valence-electron chi connectivity index (χ0n) is 19.6. The Morgan fingerprint density at radius 2 is 1.83 bits per heavy atom. The van der Waals surface area contributed by atoms with Crippen LogP contribution >= 0.6 is 0 Å². The predicted octanol–water partition coefficient (Wildman–Crippen LogP) is 3.50. The van der Waals surface area contributed by atoms with Crippen molar-refractivity contribution in [2.45, 2.75) is 19.4 Å². The van der Waals surface area contributed by atoms with Gasteiger partial charge in [-0.25, -0.2) is 8.42 Å². The number of ether oxygens (including phenoxy) is 2.